The second-order valence-corrected chi connectivity index (χ2v) is 9.53. The predicted molar refractivity (Wildman–Crippen MR) is 104 cm³/mol. The van der Waals surface area contributed by atoms with Gasteiger partial charge in [0.25, 0.3) is 0 Å². The lowest BCUT2D eigenvalue weighted by Crippen LogP contribution is -2.50. The zero-order chi connectivity index (χ0) is 19.3. The molecule has 1 aromatic rings. The molecule has 0 bridgehead atoms. The van der Waals surface area contributed by atoms with Gasteiger partial charge in [-0.15, -0.1) is 0 Å². The molecule has 28 heavy (non-hydrogen) atoms. The van der Waals surface area contributed by atoms with Crippen LogP contribution in [-0.4, -0.2) is 49.3 Å². The third-order valence-corrected chi connectivity index (χ3v) is 7.20. The highest BCUT2D eigenvalue weighted by atomic mass is 19.1. The molecular weight excluding hydrogens is 360 g/mol. The fourth-order valence-electron chi connectivity index (χ4n) is 5.71. The van der Waals surface area contributed by atoms with Crippen molar-refractivity contribution in [1.82, 2.24) is 10.2 Å². The highest BCUT2D eigenvalue weighted by molar-refractivity contribution is 5.23. The first kappa shape index (κ1) is 18.9. The van der Waals surface area contributed by atoms with Crippen LogP contribution >= 0.6 is 0 Å². The maximum Gasteiger partial charge on any atom is 0.129 e. The smallest absolute Gasteiger partial charge is 0.129 e. The summed E-state index contributed by atoms with van der Waals surface area (Å²) >= 11 is 0. The van der Waals surface area contributed by atoms with Gasteiger partial charge in [0.05, 0.1) is 6.61 Å². The number of hydrogen-bond acceptors (Lipinski definition) is 4. The molecule has 0 amide bonds. The van der Waals surface area contributed by atoms with E-state index in [2.05, 4.69) is 10.2 Å². The zero-order valence-corrected chi connectivity index (χ0v) is 16.3. The summed E-state index contributed by atoms with van der Waals surface area (Å²) in [4.78, 5) is 2.68. The maximum atomic E-state index is 14.1. The van der Waals surface area contributed by atoms with Crippen molar-refractivity contribution in [2.24, 2.45) is 23.5 Å². The molecule has 3 N–H and O–H groups in total. The van der Waals surface area contributed by atoms with Gasteiger partial charge in [0, 0.05) is 43.3 Å². The molecule has 2 heterocycles. The molecule has 2 aliphatic heterocycles. The summed E-state index contributed by atoms with van der Waals surface area (Å²) in [7, 11) is 0. The van der Waals surface area contributed by atoms with Gasteiger partial charge < -0.3 is 20.7 Å². The Morgan fingerprint density at radius 2 is 1.82 bits per heavy atom. The van der Waals surface area contributed by atoms with Gasteiger partial charge in [-0.05, 0) is 68.1 Å². The zero-order valence-electron chi connectivity index (χ0n) is 16.3. The van der Waals surface area contributed by atoms with Crippen molar-refractivity contribution in [3.8, 4) is 0 Å². The Kier molecular flexibility index (Phi) is 5.16. The standard InChI is InChI=1S/C22H31F2N3O/c23-16-3-4-20(24)19(7-16)22-21(25)8-18(12-28-22)26-17-5-14-10-27(9-13-1-2-13)11-15(14)6-17/h3-4,7,13-15,17-18,21-22,26H,1-2,5-6,8-12,25H2. The second kappa shape index (κ2) is 7.63. The van der Waals surface area contributed by atoms with E-state index in [0.717, 1.165) is 36.3 Å². The van der Waals surface area contributed by atoms with Gasteiger partial charge >= 0.3 is 0 Å². The van der Waals surface area contributed by atoms with Crippen LogP contribution in [0.1, 0.15) is 43.8 Å². The summed E-state index contributed by atoms with van der Waals surface area (Å²) < 4.78 is 33.5. The van der Waals surface area contributed by atoms with Gasteiger partial charge in [0.2, 0.25) is 0 Å². The third kappa shape index (κ3) is 3.97. The van der Waals surface area contributed by atoms with E-state index in [-0.39, 0.29) is 17.6 Å². The van der Waals surface area contributed by atoms with Crippen molar-refractivity contribution in [3.05, 3.63) is 35.4 Å². The molecule has 4 nitrogen and oxygen atoms in total. The number of hydrogen-bond donors (Lipinski definition) is 2. The number of nitrogens with one attached hydrogen (secondary N) is 1. The van der Waals surface area contributed by atoms with Crippen LogP contribution in [0.5, 0.6) is 0 Å². The van der Waals surface area contributed by atoms with Gasteiger partial charge in [-0.25, -0.2) is 8.78 Å². The molecule has 5 unspecified atom stereocenters. The maximum absolute atomic E-state index is 14.1. The van der Waals surface area contributed by atoms with Crippen LogP contribution in [0.2, 0.25) is 0 Å². The van der Waals surface area contributed by atoms with Crippen molar-refractivity contribution in [3.63, 3.8) is 0 Å². The summed E-state index contributed by atoms with van der Waals surface area (Å²) in [6, 6.07) is 3.86. The Bertz CT molecular complexity index is 699. The minimum Gasteiger partial charge on any atom is -0.370 e. The van der Waals surface area contributed by atoms with Gasteiger partial charge in [0.15, 0.2) is 0 Å². The topological polar surface area (TPSA) is 50.5 Å². The fraction of sp³-hybridized carbons (Fsp3) is 0.727. The number of fused-ring (bicyclic) bond motifs is 1. The molecule has 4 aliphatic rings. The Morgan fingerprint density at radius 1 is 1.07 bits per heavy atom. The Balaban J connectivity index is 1.12. The van der Waals surface area contributed by atoms with E-state index in [1.165, 1.54) is 51.4 Å². The molecule has 0 aromatic heterocycles. The van der Waals surface area contributed by atoms with E-state index in [1.54, 1.807) is 0 Å². The number of ether oxygens (including phenoxy) is 1. The Morgan fingerprint density at radius 3 is 2.50 bits per heavy atom. The monoisotopic (exact) mass is 391 g/mol. The molecule has 0 spiro atoms. The SMILES string of the molecule is NC1CC(NC2CC3CN(CC4CC4)CC3C2)COC1c1cc(F)ccc1F. The van der Waals surface area contributed by atoms with Gasteiger partial charge in [-0.3, -0.25) is 0 Å². The van der Waals surface area contributed by atoms with Crippen LogP contribution in [0.15, 0.2) is 18.2 Å². The van der Waals surface area contributed by atoms with Crippen molar-refractivity contribution in [1.29, 1.82) is 0 Å². The van der Waals surface area contributed by atoms with E-state index >= 15 is 0 Å². The molecule has 2 saturated heterocycles. The highest BCUT2D eigenvalue weighted by Gasteiger charge is 2.43. The van der Waals surface area contributed by atoms with Crippen LogP contribution in [0.3, 0.4) is 0 Å². The first-order valence-electron chi connectivity index (χ1n) is 10.9. The molecule has 5 atom stereocenters. The van der Waals surface area contributed by atoms with Crippen LogP contribution < -0.4 is 11.1 Å². The average Bonchev–Trinajstić information content (AvgIpc) is 3.27. The predicted octanol–water partition coefficient (Wildman–Crippen LogP) is 2.83. The van der Waals surface area contributed by atoms with Gasteiger partial charge in [-0.2, -0.15) is 0 Å². The highest BCUT2D eigenvalue weighted by Crippen LogP contribution is 2.41. The summed E-state index contributed by atoms with van der Waals surface area (Å²) in [6.45, 7) is 4.34. The Hall–Kier alpha value is -1.08. The van der Waals surface area contributed by atoms with Crippen molar-refractivity contribution in [2.45, 2.75) is 56.3 Å². The molecule has 0 radical (unpaired) electrons. The van der Waals surface area contributed by atoms with Crippen molar-refractivity contribution in [2.75, 3.05) is 26.2 Å². The van der Waals surface area contributed by atoms with Crippen LogP contribution in [0.25, 0.3) is 0 Å². The lowest BCUT2D eigenvalue weighted by molar-refractivity contribution is -0.0224. The molecule has 2 saturated carbocycles. The van der Waals surface area contributed by atoms with E-state index < -0.39 is 17.7 Å². The number of benzene rings is 1. The Labute approximate surface area is 165 Å². The molecule has 154 valence electrons. The van der Waals surface area contributed by atoms with E-state index in [0.29, 0.717) is 12.6 Å². The minimum absolute atomic E-state index is 0.189. The first-order chi connectivity index (χ1) is 13.5. The molecule has 5 rings (SSSR count). The summed E-state index contributed by atoms with van der Waals surface area (Å²) in [6.07, 6.45) is 5.48. The molecule has 6 heteroatoms. The van der Waals surface area contributed by atoms with E-state index in [4.69, 9.17) is 10.5 Å². The van der Waals surface area contributed by atoms with Crippen LogP contribution in [-0.2, 0) is 4.74 Å². The first-order valence-corrected chi connectivity index (χ1v) is 10.9. The number of nitrogens with two attached hydrogens (primary N) is 1. The average molecular weight is 392 g/mol. The normalized spacial score (nSPS) is 38.7. The lowest BCUT2D eigenvalue weighted by atomic mass is 9.93. The third-order valence-electron chi connectivity index (χ3n) is 7.20. The van der Waals surface area contributed by atoms with Crippen LogP contribution in [0, 0.1) is 29.4 Å². The van der Waals surface area contributed by atoms with E-state index in [1.807, 2.05) is 0 Å². The number of rotatable bonds is 5. The molecule has 2 aliphatic carbocycles. The summed E-state index contributed by atoms with van der Waals surface area (Å²) in [5.41, 5.74) is 6.53. The summed E-state index contributed by atoms with van der Waals surface area (Å²) in [5, 5.41) is 3.75. The van der Waals surface area contributed by atoms with Crippen LogP contribution in [0.4, 0.5) is 8.78 Å². The quantitative estimate of drug-likeness (QED) is 0.811. The van der Waals surface area contributed by atoms with Gasteiger partial charge in [-0.1, -0.05) is 0 Å². The molecule has 1 aromatic carbocycles. The number of halogens is 2. The molecule has 4 fully saturated rings. The minimum atomic E-state index is -0.576. The van der Waals surface area contributed by atoms with Crippen molar-refractivity contribution < 1.29 is 13.5 Å². The fourth-order valence-corrected chi connectivity index (χ4v) is 5.71. The summed E-state index contributed by atoms with van der Waals surface area (Å²) in [5.74, 6) is 1.71. The number of likely N-dealkylation sites (tertiary alicyclic amines) is 1. The van der Waals surface area contributed by atoms with E-state index in [9.17, 15) is 8.78 Å². The largest absolute Gasteiger partial charge is 0.370 e. The van der Waals surface area contributed by atoms with Gasteiger partial charge in [0.1, 0.15) is 17.7 Å². The lowest BCUT2D eigenvalue weighted by Gasteiger charge is -2.36. The second-order valence-electron chi connectivity index (χ2n) is 9.53. The molecular formula is C22H31F2N3O. The van der Waals surface area contributed by atoms with Crippen molar-refractivity contribution >= 4 is 0 Å². The number of nitrogens with zero attached hydrogens (tertiary/aromatic N) is 1.